The van der Waals surface area contributed by atoms with Gasteiger partial charge in [0.25, 0.3) is 0 Å². The number of rotatable bonds is 5. The largest absolute Gasteiger partial charge is 0.353 e. The Hall–Kier alpha value is -0.220. The second kappa shape index (κ2) is 7.12. The molecule has 0 bridgehead atoms. The zero-order chi connectivity index (χ0) is 11.1. The Kier molecular flexibility index (Phi) is 6.10. The minimum Gasteiger partial charge on any atom is -0.353 e. The van der Waals surface area contributed by atoms with E-state index in [1.807, 2.05) is 11.8 Å². The van der Waals surface area contributed by atoms with E-state index >= 15 is 0 Å². The van der Waals surface area contributed by atoms with Crippen LogP contribution in [0.1, 0.15) is 33.1 Å². The molecule has 0 atom stereocenters. The Balaban J connectivity index is 2.06. The average molecular weight is 230 g/mol. The zero-order valence-corrected chi connectivity index (χ0v) is 10.5. The smallest absolute Gasteiger partial charge is 0.221 e. The first-order valence-electron chi connectivity index (χ1n) is 5.79. The van der Waals surface area contributed by atoms with Crippen molar-refractivity contribution in [2.75, 3.05) is 18.1 Å². The minimum atomic E-state index is 0.194. The fourth-order valence-electron chi connectivity index (χ4n) is 1.62. The third kappa shape index (κ3) is 6.05. The second-order valence-electron chi connectivity index (χ2n) is 4.31. The van der Waals surface area contributed by atoms with Crippen LogP contribution in [0.2, 0.25) is 0 Å². The van der Waals surface area contributed by atoms with Crippen molar-refractivity contribution in [3.63, 3.8) is 0 Å². The maximum atomic E-state index is 11.5. The van der Waals surface area contributed by atoms with Crippen LogP contribution in [0, 0.1) is 0 Å². The van der Waals surface area contributed by atoms with Gasteiger partial charge in [-0.3, -0.25) is 4.79 Å². The lowest BCUT2D eigenvalue weighted by molar-refractivity contribution is -0.121. The van der Waals surface area contributed by atoms with E-state index in [1.54, 1.807) is 0 Å². The highest BCUT2D eigenvalue weighted by atomic mass is 32.2. The first kappa shape index (κ1) is 12.8. The standard InChI is InChI=1S/C11H22N2OS/c1-9(2)12-6-3-11(14)13-10-4-7-15-8-5-10/h9-10,12H,3-8H2,1-2H3,(H,13,14). The van der Waals surface area contributed by atoms with Crippen LogP contribution in [0.25, 0.3) is 0 Å². The van der Waals surface area contributed by atoms with Gasteiger partial charge in [0.15, 0.2) is 0 Å². The van der Waals surface area contributed by atoms with Crippen LogP contribution in [0.3, 0.4) is 0 Å². The van der Waals surface area contributed by atoms with Gasteiger partial charge in [0, 0.05) is 25.0 Å². The molecule has 1 rings (SSSR count). The molecule has 1 aliphatic rings. The topological polar surface area (TPSA) is 41.1 Å². The van der Waals surface area contributed by atoms with Crippen LogP contribution in [0.4, 0.5) is 0 Å². The molecule has 0 aromatic heterocycles. The molecule has 1 saturated heterocycles. The number of carbonyl (C=O) groups is 1. The van der Waals surface area contributed by atoms with Crippen molar-refractivity contribution >= 4 is 17.7 Å². The van der Waals surface area contributed by atoms with Gasteiger partial charge in [0.2, 0.25) is 5.91 Å². The molecule has 4 heteroatoms. The fourth-order valence-corrected chi connectivity index (χ4v) is 2.72. The minimum absolute atomic E-state index is 0.194. The lowest BCUT2D eigenvalue weighted by Gasteiger charge is -2.22. The van der Waals surface area contributed by atoms with Gasteiger partial charge in [-0.25, -0.2) is 0 Å². The lowest BCUT2D eigenvalue weighted by atomic mass is 10.1. The summed E-state index contributed by atoms with van der Waals surface area (Å²) in [5, 5.41) is 6.35. The monoisotopic (exact) mass is 230 g/mol. The van der Waals surface area contributed by atoms with Gasteiger partial charge < -0.3 is 10.6 Å². The van der Waals surface area contributed by atoms with E-state index in [9.17, 15) is 4.79 Å². The van der Waals surface area contributed by atoms with E-state index in [2.05, 4.69) is 24.5 Å². The van der Waals surface area contributed by atoms with Crippen LogP contribution < -0.4 is 10.6 Å². The summed E-state index contributed by atoms with van der Waals surface area (Å²) in [6.07, 6.45) is 2.86. The van der Waals surface area contributed by atoms with Crippen molar-refractivity contribution in [3.8, 4) is 0 Å². The molecule has 3 nitrogen and oxygen atoms in total. The fraction of sp³-hybridized carbons (Fsp3) is 0.909. The third-order valence-electron chi connectivity index (χ3n) is 2.49. The predicted molar refractivity (Wildman–Crippen MR) is 66.2 cm³/mol. The van der Waals surface area contributed by atoms with E-state index in [1.165, 1.54) is 11.5 Å². The molecule has 0 radical (unpaired) electrons. The van der Waals surface area contributed by atoms with E-state index in [0.717, 1.165) is 19.4 Å². The summed E-state index contributed by atoms with van der Waals surface area (Å²) in [5.74, 6) is 2.57. The Morgan fingerprint density at radius 2 is 2.07 bits per heavy atom. The highest BCUT2D eigenvalue weighted by molar-refractivity contribution is 7.99. The highest BCUT2D eigenvalue weighted by Crippen LogP contribution is 2.16. The molecule has 0 saturated carbocycles. The van der Waals surface area contributed by atoms with Gasteiger partial charge in [0.1, 0.15) is 0 Å². The molecule has 0 aromatic carbocycles. The summed E-state index contributed by atoms with van der Waals surface area (Å²) in [5.41, 5.74) is 0. The van der Waals surface area contributed by atoms with Crippen molar-refractivity contribution in [2.45, 2.75) is 45.2 Å². The van der Waals surface area contributed by atoms with E-state index in [0.29, 0.717) is 18.5 Å². The first-order valence-corrected chi connectivity index (χ1v) is 6.94. The third-order valence-corrected chi connectivity index (χ3v) is 3.54. The van der Waals surface area contributed by atoms with Crippen molar-refractivity contribution < 1.29 is 4.79 Å². The van der Waals surface area contributed by atoms with Crippen LogP contribution in [0.5, 0.6) is 0 Å². The first-order chi connectivity index (χ1) is 7.18. The molecular formula is C11H22N2OS. The molecule has 15 heavy (non-hydrogen) atoms. The van der Waals surface area contributed by atoms with Crippen LogP contribution in [-0.4, -0.2) is 36.0 Å². The summed E-state index contributed by atoms with van der Waals surface area (Å²) in [6.45, 7) is 4.97. The zero-order valence-electron chi connectivity index (χ0n) is 9.71. The number of carbonyl (C=O) groups excluding carboxylic acids is 1. The summed E-state index contributed by atoms with van der Waals surface area (Å²) >= 11 is 1.98. The Morgan fingerprint density at radius 1 is 1.40 bits per heavy atom. The highest BCUT2D eigenvalue weighted by Gasteiger charge is 2.15. The van der Waals surface area contributed by atoms with E-state index < -0.39 is 0 Å². The van der Waals surface area contributed by atoms with Gasteiger partial charge in [-0.05, 0) is 24.3 Å². The summed E-state index contributed by atoms with van der Waals surface area (Å²) in [4.78, 5) is 11.5. The maximum Gasteiger partial charge on any atom is 0.221 e. The Labute approximate surface area is 96.8 Å². The van der Waals surface area contributed by atoms with Gasteiger partial charge in [-0.1, -0.05) is 13.8 Å². The van der Waals surface area contributed by atoms with Gasteiger partial charge >= 0.3 is 0 Å². The molecule has 88 valence electrons. The molecule has 1 aliphatic heterocycles. The van der Waals surface area contributed by atoms with Gasteiger partial charge in [-0.2, -0.15) is 11.8 Å². The molecule has 0 spiro atoms. The normalized spacial score (nSPS) is 18.1. The van der Waals surface area contributed by atoms with Crippen LogP contribution >= 0.6 is 11.8 Å². The summed E-state index contributed by atoms with van der Waals surface area (Å²) in [6, 6.07) is 0.890. The summed E-state index contributed by atoms with van der Waals surface area (Å²) < 4.78 is 0. The number of hydrogen-bond donors (Lipinski definition) is 2. The van der Waals surface area contributed by atoms with Crippen molar-refractivity contribution in [3.05, 3.63) is 0 Å². The van der Waals surface area contributed by atoms with E-state index in [4.69, 9.17) is 0 Å². The SMILES string of the molecule is CC(C)NCCC(=O)NC1CCSCC1. The quantitative estimate of drug-likeness (QED) is 0.750. The van der Waals surface area contributed by atoms with Crippen LogP contribution in [-0.2, 0) is 4.79 Å². The molecule has 0 aromatic rings. The molecule has 0 aliphatic carbocycles. The molecule has 1 heterocycles. The number of thioether (sulfide) groups is 1. The Bertz CT molecular complexity index is 191. The second-order valence-corrected chi connectivity index (χ2v) is 5.54. The van der Waals surface area contributed by atoms with E-state index in [-0.39, 0.29) is 5.91 Å². The molecule has 1 amide bonds. The van der Waals surface area contributed by atoms with Gasteiger partial charge in [0.05, 0.1) is 0 Å². The lowest BCUT2D eigenvalue weighted by Crippen LogP contribution is -2.39. The van der Waals surface area contributed by atoms with Crippen molar-refractivity contribution in [1.29, 1.82) is 0 Å². The summed E-state index contributed by atoms with van der Waals surface area (Å²) in [7, 11) is 0. The number of hydrogen-bond acceptors (Lipinski definition) is 3. The maximum absolute atomic E-state index is 11.5. The molecule has 1 fully saturated rings. The Morgan fingerprint density at radius 3 is 2.67 bits per heavy atom. The average Bonchev–Trinajstić information content (AvgIpc) is 2.18. The number of amides is 1. The van der Waals surface area contributed by atoms with Crippen molar-refractivity contribution in [2.24, 2.45) is 0 Å². The molecule has 2 N–H and O–H groups in total. The van der Waals surface area contributed by atoms with Crippen molar-refractivity contribution in [1.82, 2.24) is 10.6 Å². The predicted octanol–water partition coefficient (Wildman–Crippen LogP) is 1.39. The van der Waals surface area contributed by atoms with Crippen LogP contribution in [0.15, 0.2) is 0 Å². The number of nitrogens with one attached hydrogen (secondary N) is 2. The molecule has 0 unspecified atom stereocenters. The molecular weight excluding hydrogens is 208 g/mol. The van der Waals surface area contributed by atoms with Gasteiger partial charge in [-0.15, -0.1) is 0 Å².